The van der Waals surface area contributed by atoms with E-state index in [0.717, 1.165) is 30.0 Å². The zero-order chi connectivity index (χ0) is 16.2. The number of fused-ring (bicyclic) bond motifs is 1. The van der Waals surface area contributed by atoms with Crippen LogP contribution in [0.5, 0.6) is 0 Å². The molecule has 0 bridgehead atoms. The largest absolute Gasteiger partial charge is 0.324 e. The number of sulfonamides is 1. The molecule has 7 heteroatoms. The van der Waals surface area contributed by atoms with Crippen LogP contribution in [0.1, 0.15) is 18.4 Å². The number of amides is 2. The van der Waals surface area contributed by atoms with Gasteiger partial charge in [-0.15, -0.1) is 0 Å². The average molecular weight is 335 g/mol. The van der Waals surface area contributed by atoms with Gasteiger partial charge in [0.1, 0.15) is 0 Å². The van der Waals surface area contributed by atoms with Crippen LogP contribution in [0.15, 0.2) is 18.2 Å². The predicted octanol–water partition coefficient (Wildman–Crippen LogP) is 1.66. The van der Waals surface area contributed by atoms with Gasteiger partial charge in [-0.05, 0) is 48.9 Å². The number of carbonyl (C=O) groups excluding carboxylic acids is 1. The van der Waals surface area contributed by atoms with Crippen molar-refractivity contribution < 1.29 is 13.2 Å². The third-order valence-corrected chi connectivity index (χ3v) is 6.08. The smallest absolute Gasteiger partial charge is 0.322 e. The van der Waals surface area contributed by atoms with E-state index in [1.165, 1.54) is 23.4 Å². The van der Waals surface area contributed by atoms with Gasteiger partial charge in [-0.1, -0.05) is 0 Å². The molecule has 4 rings (SSSR count). The zero-order valence-electron chi connectivity index (χ0n) is 13.2. The van der Waals surface area contributed by atoms with Crippen LogP contribution in [-0.2, 0) is 16.4 Å². The first-order valence-corrected chi connectivity index (χ1v) is 9.95. The van der Waals surface area contributed by atoms with E-state index in [0.29, 0.717) is 25.4 Å². The van der Waals surface area contributed by atoms with Gasteiger partial charge in [-0.2, -0.15) is 0 Å². The molecular formula is C16H21N3O3S. The fourth-order valence-electron chi connectivity index (χ4n) is 3.47. The SMILES string of the molecule is CS(=O)(=O)N1CCc2cc(N3CCN(CC4CC4)C3=O)ccc21. The molecule has 1 aromatic rings. The van der Waals surface area contributed by atoms with Crippen molar-refractivity contribution in [1.29, 1.82) is 0 Å². The standard InChI is InChI=1S/C16H21N3O3S/c1-23(21,22)19-7-6-13-10-14(4-5-15(13)19)18-9-8-17(16(18)20)11-12-2-3-12/h4-5,10,12H,2-3,6-9,11H2,1H3. The molecule has 1 aromatic carbocycles. The van der Waals surface area contributed by atoms with E-state index >= 15 is 0 Å². The van der Waals surface area contributed by atoms with E-state index in [9.17, 15) is 13.2 Å². The second-order valence-corrected chi connectivity index (χ2v) is 8.63. The van der Waals surface area contributed by atoms with Crippen LogP contribution in [0, 0.1) is 5.92 Å². The monoisotopic (exact) mass is 335 g/mol. The van der Waals surface area contributed by atoms with Crippen LogP contribution in [0.25, 0.3) is 0 Å². The molecule has 23 heavy (non-hydrogen) atoms. The molecule has 0 atom stereocenters. The van der Waals surface area contributed by atoms with Crippen molar-refractivity contribution in [2.45, 2.75) is 19.3 Å². The first kappa shape index (κ1) is 14.8. The number of rotatable bonds is 4. The molecule has 0 spiro atoms. The van der Waals surface area contributed by atoms with E-state index < -0.39 is 10.0 Å². The van der Waals surface area contributed by atoms with Crippen molar-refractivity contribution in [2.24, 2.45) is 5.92 Å². The summed E-state index contributed by atoms with van der Waals surface area (Å²) in [7, 11) is -3.23. The van der Waals surface area contributed by atoms with E-state index in [2.05, 4.69) is 0 Å². The summed E-state index contributed by atoms with van der Waals surface area (Å²) in [4.78, 5) is 16.3. The molecule has 1 saturated heterocycles. The molecular weight excluding hydrogens is 314 g/mol. The number of nitrogens with zero attached hydrogens (tertiary/aromatic N) is 3. The summed E-state index contributed by atoms with van der Waals surface area (Å²) in [6.45, 7) is 2.85. The maximum absolute atomic E-state index is 12.5. The van der Waals surface area contributed by atoms with Gasteiger partial charge in [-0.25, -0.2) is 13.2 Å². The Morgan fingerprint density at radius 1 is 1.17 bits per heavy atom. The second-order valence-electron chi connectivity index (χ2n) is 6.72. The van der Waals surface area contributed by atoms with Crippen molar-refractivity contribution in [3.63, 3.8) is 0 Å². The Morgan fingerprint density at radius 2 is 1.96 bits per heavy atom. The number of hydrogen-bond acceptors (Lipinski definition) is 3. The molecule has 0 unspecified atom stereocenters. The van der Waals surface area contributed by atoms with E-state index in [4.69, 9.17) is 0 Å². The Hall–Kier alpha value is -1.76. The number of carbonyl (C=O) groups is 1. The Labute approximate surface area is 136 Å². The fraction of sp³-hybridized carbons (Fsp3) is 0.562. The molecule has 0 radical (unpaired) electrons. The van der Waals surface area contributed by atoms with Gasteiger partial charge in [0.25, 0.3) is 0 Å². The minimum absolute atomic E-state index is 0.0785. The minimum atomic E-state index is -3.23. The molecule has 1 saturated carbocycles. The number of urea groups is 1. The van der Waals surface area contributed by atoms with Gasteiger partial charge in [0, 0.05) is 31.9 Å². The van der Waals surface area contributed by atoms with Crippen LogP contribution in [-0.4, -0.2) is 51.8 Å². The van der Waals surface area contributed by atoms with Gasteiger partial charge in [0.2, 0.25) is 10.0 Å². The summed E-state index contributed by atoms with van der Waals surface area (Å²) >= 11 is 0. The van der Waals surface area contributed by atoms with Crippen molar-refractivity contribution in [3.8, 4) is 0 Å². The predicted molar refractivity (Wildman–Crippen MR) is 89.4 cm³/mol. The van der Waals surface area contributed by atoms with Crippen LogP contribution in [0.3, 0.4) is 0 Å². The molecule has 1 aliphatic carbocycles. The summed E-state index contributed by atoms with van der Waals surface area (Å²) in [5.74, 6) is 0.697. The van der Waals surface area contributed by atoms with E-state index in [1.54, 1.807) is 0 Å². The highest BCUT2D eigenvalue weighted by Gasteiger charge is 2.35. The highest BCUT2D eigenvalue weighted by molar-refractivity contribution is 7.92. The number of hydrogen-bond donors (Lipinski definition) is 0. The molecule has 2 amide bonds. The summed E-state index contributed by atoms with van der Waals surface area (Å²) in [5.41, 5.74) is 2.63. The lowest BCUT2D eigenvalue weighted by molar-refractivity contribution is 0.218. The Morgan fingerprint density at radius 3 is 2.65 bits per heavy atom. The van der Waals surface area contributed by atoms with E-state index in [-0.39, 0.29) is 6.03 Å². The second kappa shape index (κ2) is 5.12. The molecule has 2 heterocycles. The third-order valence-electron chi connectivity index (χ3n) is 4.90. The van der Waals surface area contributed by atoms with Crippen molar-refractivity contribution in [2.75, 3.05) is 41.6 Å². The normalized spacial score (nSPS) is 21.3. The number of benzene rings is 1. The topological polar surface area (TPSA) is 60.9 Å². The number of anilines is 2. The van der Waals surface area contributed by atoms with Crippen LogP contribution in [0.2, 0.25) is 0 Å². The summed E-state index contributed by atoms with van der Waals surface area (Å²) in [6, 6.07) is 5.74. The van der Waals surface area contributed by atoms with Gasteiger partial charge in [0.05, 0.1) is 11.9 Å². The maximum Gasteiger partial charge on any atom is 0.324 e. The Balaban J connectivity index is 1.56. The highest BCUT2D eigenvalue weighted by atomic mass is 32.2. The molecule has 6 nitrogen and oxygen atoms in total. The zero-order valence-corrected chi connectivity index (χ0v) is 14.1. The van der Waals surface area contributed by atoms with E-state index in [1.807, 2.05) is 28.0 Å². The molecule has 3 aliphatic rings. The summed E-state index contributed by atoms with van der Waals surface area (Å²) < 4.78 is 25.0. The fourth-order valence-corrected chi connectivity index (χ4v) is 4.43. The summed E-state index contributed by atoms with van der Waals surface area (Å²) in [6.07, 6.45) is 4.41. The third kappa shape index (κ3) is 2.67. The molecule has 124 valence electrons. The molecule has 2 aliphatic heterocycles. The van der Waals surface area contributed by atoms with Crippen molar-refractivity contribution in [1.82, 2.24) is 4.90 Å². The van der Waals surface area contributed by atoms with Gasteiger partial charge < -0.3 is 4.90 Å². The van der Waals surface area contributed by atoms with Crippen molar-refractivity contribution in [3.05, 3.63) is 23.8 Å². The van der Waals surface area contributed by atoms with Crippen molar-refractivity contribution >= 4 is 27.4 Å². The average Bonchev–Trinajstić information content (AvgIpc) is 3.08. The Kier molecular flexibility index (Phi) is 3.30. The van der Waals surface area contributed by atoms with Gasteiger partial charge >= 0.3 is 6.03 Å². The van der Waals surface area contributed by atoms with Crippen LogP contribution >= 0.6 is 0 Å². The first-order valence-electron chi connectivity index (χ1n) is 8.10. The molecule has 0 aromatic heterocycles. The highest BCUT2D eigenvalue weighted by Crippen LogP contribution is 2.35. The molecule has 2 fully saturated rings. The minimum Gasteiger partial charge on any atom is -0.322 e. The maximum atomic E-state index is 12.5. The lowest BCUT2D eigenvalue weighted by Crippen LogP contribution is -2.33. The summed E-state index contributed by atoms with van der Waals surface area (Å²) in [5, 5.41) is 0. The lowest BCUT2D eigenvalue weighted by atomic mass is 10.1. The van der Waals surface area contributed by atoms with Crippen LogP contribution in [0.4, 0.5) is 16.2 Å². The Bertz CT molecular complexity index is 758. The lowest BCUT2D eigenvalue weighted by Gasteiger charge is -2.20. The van der Waals surface area contributed by atoms with Gasteiger partial charge in [-0.3, -0.25) is 9.21 Å². The van der Waals surface area contributed by atoms with Crippen LogP contribution < -0.4 is 9.21 Å². The first-order chi connectivity index (χ1) is 10.9. The quantitative estimate of drug-likeness (QED) is 0.841. The molecule has 0 N–H and O–H groups in total. The van der Waals surface area contributed by atoms with Gasteiger partial charge in [0.15, 0.2) is 0 Å².